The zero-order valence-corrected chi connectivity index (χ0v) is 15.1. The summed E-state index contributed by atoms with van der Waals surface area (Å²) in [5, 5.41) is 8.38. The van der Waals surface area contributed by atoms with Crippen LogP contribution in [0.25, 0.3) is 0 Å². The van der Waals surface area contributed by atoms with Gasteiger partial charge in [0.2, 0.25) is 5.91 Å². The minimum Gasteiger partial charge on any atom is -0.325 e. The van der Waals surface area contributed by atoms with Crippen molar-refractivity contribution in [3.05, 3.63) is 88.1 Å². The molecule has 0 bridgehead atoms. The number of benzene rings is 2. The number of anilines is 1. The molecule has 3 nitrogen and oxygen atoms in total. The number of aryl methyl sites for hydroxylation is 1. The van der Waals surface area contributed by atoms with Crippen molar-refractivity contribution in [3.8, 4) is 0 Å². The maximum Gasteiger partial charge on any atom is 0.238 e. The van der Waals surface area contributed by atoms with Gasteiger partial charge < -0.3 is 5.32 Å². The molecular formula is C21H22N2OS. The number of carbonyl (C=O) groups excluding carboxylic acids is 1. The van der Waals surface area contributed by atoms with Gasteiger partial charge in [0.1, 0.15) is 0 Å². The lowest BCUT2D eigenvalue weighted by molar-refractivity contribution is -0.115. The first-order valence-corrected chi connectivity index (χ1v) is 9.34. The largest absolute Gasteiger partial charge is 0.325 e. The number of hydrogen-bond acceptors (Lipinski definition) is 3. The second kappa shape index (κ2) is 8.60. The Morgan fingerprint density at radius 1 is 1.00 bits per heavy atom. The van der Waals surface area contributed by atoms with Crippen LogP contribution >= 0.6 is 11.3 Å². The van der Waals surface area contributed by atoms with Crippen molar-refractivity contribution < 1.29 is 4.79 Å². The van der Waals surface area contributed by atoms with Gasteiger partial charge in [0.25, 0.3) is 0 Å². The van der Waals surface area contributed by atoms with Crippen LogP contribution in [0.1, 0.15) is 29.0 Å². The van der Waals surface area contributed by atoms with Crippen LogP contribution < -0.4 is 10.6 Å². The lowest BCUT2D eigenvalue weighted by atomic mass is 10.1. The van der Waals surface area contributed by atoms with Crippen LogP contribution in [0.4, 0.5) is 5.69 Å². The number of amides is 1. The molecule has 0 saturated heterocycles. The molecule has 0 aliphatic rings. The Balaban J connectivity index is 1.63. The van der Waals surface area contributed by atoms with Gasteiger partial charge in [-0.15, -0.1) is 11.3 Å². The van der Waals surface area contributed by atoms with Gasteiger partial charge in [0, 0.05) is 10.6 Å². The predicted molar refractivity (Wildman–Crippen MR) is 105 cm³/mol. The third kappa shape index (κ3) is 4.78. The third-order valence-electron chi connectivity index (χ3n) is 4.07. The molecule has 2 N–H and O–H groups in total. The summed E-state index contributed by atoms with van der Waals surface area (Å²) in [4.78, 5) is 13.5. The highest BCUT2D eigenvalue weighted by Gasteiger charge is 2.15. The van der Waals surface area contributed by atoms with Crippen molar-refractivity contribution >= 4 is 22.9 Å². The van der Waals surface area contributed by atoms with Crippen LogP contribution in [-0.2, 0) is 11.2 Å². The van der Waals surface area contributed by atoms with Gasteiger partial charge in [-0.1, -0.05) is 55.5 Å². The van der Waals surface area contributed by atoms with E-state index in [0.29, 0.717) is 0 Å². The van der Waals surface area contributed by atoms with Crippen LogP contribution in [0.15, 0.2) is 72.1 Å². The molecular weight excluding hydrogens is 328 g/mol. The fourth-order valence-electron chi connectivity index (χ4n) is 2.71. The van der Waals surface area contributed by atoms with E-state index < -0.39 is 0 Å². The second-order valence-corrected chi connectivity index (χ2v) is 6.82. The average Bonchev–Trinajstić information content (AvgIpc) is 3.18. The summed E-state index contributed by atoms with van der Waals surface area (Å²) in [6, 6.07) is 22.3. The Bertz CT molecular complexity index is 783. The van der Waals surface area contributed by atoms with E-state index in [1.54, 1.807) is 11.3 Å². The number of hydrogen-bond donors (Lipinski definition) is 2. The van der Waals surface area contributed by atoms with Gasteiger partial charge in [-0.2, -0.15) is 0 Å². The summed E-state index contributed by atoms with van der Waals surface area (Å²) in [5.41, 5.74) is 3.25. The Hall–Kier alpha value is -2.43. The summed E-state index contributed by atoms with van der Waals surface area (Å²) >= 11 is 1.69. The maximum absolute atomic E-state index is 12.3. The molecule has 0 radical (unpaired) electrons. The molecule has 4 heteroatoms. The zero-order valence-electron chi connectivity index (χ0n) is 14.2. The highest BCUT2D eigenvalue weighted by Crippen LogP contribution is 2.25. The van der Waals surface area contributed by atoms with Crippen molar-refractivity contribution in [1.82, 2.24) is 5.32 Å². The van der Waals surface area contributed by atoms with Gasteiger partial charge in [-0.3, -0.25) is 10.1 Å². The van der Waals surface area contributed by atoms with Gasteiger partial charge in [0.15, 0.2) is 0 Å². The molecule has 0 aliphatic heterocycles. The molecule has 0 spiro atoms. The van der Waals surface area contributed by atoms with Crippen LogP contribution in [0.5, 0.6) is 0 Å². The molecule has 3 rings (SSSR count). The van der Waals surface area contributed by atoms with E-state index in [-0.39, 0.29) is 18.5 Å². The number of nitrogens with one attached hydrogen (secondary N) is 2. The SMILES string of the molecule is CCc1ccc(NC(=O)CN[C@H](c2ccccc2)c2cccs2)cc1. The number of thiophene rings is 1. The quantitative estimate of drug-likeness (QED) is 0.652. The van der Waals surface area contributed by atoms with Crippen LogP contribution in [0.2, 0.25) is 0 Å². The monoisotopic (exact) mass is 350 g/mol. The first kappa shape index (κ1) is 17.4. The topological polar surface area (TPSA) is 41.1 Å². The fraction of sp³-hybridized carbons (Fsp3) is 0.190. The van der Waals surface area contributed by atoms with Crippen molar-refractivity contribution in [1.29, 1.82) is 0 Å². The summed E-state index contributed by atoms with van der Waals surface area (Å²) in [6.45, 7) is 2.37. The van der Waals surface area contributed by atoms with Crippen LogP contribution in [0, 0.1) is 0 Å². The first-order valence-electron chi connectivity index (χ1n) is 8.47. The van der Waals surface area contributed by atoms with Gasteiger partial charge in [-0.25, -0.2) is 0 Å². The molecule has 1 heterocycles. The lowest BCUT2D eigenvalue weighted by Gasteiger charge is -2.18. The molecule has 0 saturated carbocycles. The van der Waals surface area contributed by atoms with Gasteiger partial charge in [0.05, 0.1) is 12.6 Å². The second-order valence-electron chi connectivity index (χ2n) is 5.84. The van der Waals surface area contributed by atoms with E-state index in [1.165, 1.54) is 10.4 Å². The molecule has 0 fully saturated rings. The van der Waals surface area contributed by atoms with E-state index in [0.717, 1.165) is 17.7 Å². The Morgan fingerprint density at radius 3 is 2.40 bits per heavy atom. The van der Waals surface area contributed by atoms with Crippen molar-refractivity contribution in [2.45, 2.75) is 19.4 Å². The first-order chi connectivity index (χ1) is 12.3. The van der Waals surface area contributed by atoms with Crippen LogP contribution in [-0.4, -0.2) is 12.5 Å². The van der Waals surface area contributed by atoms with E-state index in [9.17, 15) is 4.79 Å². The molecule has 25 heavy (non-hydrogen) atoms. The molecule has 0 aliphatic carbocycles. The minimum absolute atomic E-state index is 0.0226. The summed E-state index contributed by atoms with van der Waals surface area (Å²) in [7, 11) is 0. The highest BCUT2D eigenvalue weighted by atomic mass is 32.1. The van der Waals surface area contributed by atoms with E-state index >= 15 is 0 Å². The summed E-state index contributed by atoms with van der Waals surface area (Å²) < 4.78 is 0. The van der Waals surface area contributed by atoms with Gasteiger partial charge >= 0.3 is 0 Å². The van der Waals surface area contributed by atoms with E-state index in [2.05, 4.69) is 41.1 Å². The maximum atomic E-state index is 12.3. The summed E-state index contributed by atoms with van der Waals surface area (Å²) in [5.74, 6) is -0.0401. The standard InChI is InChI=1S/C21H22N2OS/c1-2-16-10-12-18(13-11-16)23-20(24)15-22-21(19-9-6-14-25-19)17-7-4-3-5-8-17/h3-14,21-22H,2,15H2,1H3,(H,23,24)/t21-/m1/s1. The summed E-state index contributed by atoms with van der Waals surface area (Å²) in [6.07, 6.45) is 0.995. The van der Waals surface area contributed by atoms with Crippen molar-refractivity contribution in [2.75, 3.05) is 11.9 Å². The minimum atomic E-state index is -0.0401. The Kier molecular flexibility index (Phi) is 5.99. The Labute approximate surface area is 152 Å². The normalized spacial score (nSPS) is 11.9. The van der Waals surface area contributed by atoms with E-state index in [1.807, 2.05) is 48.5 Å². The molecule has 3 aromatic rings. The molecule has 128 valence electrons. The zero-order chi connectivity index (χ0) is 17.5. The van der Waals surface area contributed by atoms with Gasteiger partial charge in [-0.05, 0) is 41.1 Å². The molecule has 0 unspecified atom stereocenters. The molecule has 1 aromatic heterocycles. The average molecular weight is 350 g/mol. The third-order valence-corrected chi connectivity index (χ3v) is 5.01. The number of rotatable bonds is 7. The highest BCUT2D eigenvalue weighted by molar-refractivity contribution is 7.10. The predicted octanol–water partition coefficient (Wildman–Crippen LogP) is 4.63. The molecule has 1 atom stereocenters. The number of carbonyl (C=O) groups is 1. The molecule has 1 amide bonds. The molecule has 2 aromatic carbocycles. The Morgan fingerprint density at radius 2 is 1.76 bits per heavy atom. The lowest BCUT2D eigenvalue weighted by Crippen LogP contribution is -2.31. The van der Waals surface area contributed by atoms with Crippen LogP contribution in [0.3, 0.4) is 0 Å². The van der Waals surface area contributed by atoms with E-state index in [4.69, 9.17) is 0 Å². The fourth-order valence-corrected chi connectivity index (χ4v) is 3.53. The van der Waals surface area contributed by atoms with Crippen molar-refractivity contribution in [2.24, 2.45) is 0 Å². The smallest absolute Gasteiger partial charge is 0.238 e. The van der Waals surface area contributed by atoms with Crippen molar-refractivity contribution in [3.63, 3.8) is 0 Å².